The zero-order valence-corrected chi connectivity index (χ0v) is 11.5. The van der Waals surface area contributed by atoms with Crippen molar-refractivity contribution >= 4 is 11.9 Å². The van der Waals surface area contributed by atoms with Crippen molar-refractivity contribution in [1.82, 2.24) is 4.90 Å². The van der Waals surface area contributed by atoms with E-state index in [1.807, 2.05) is 6.92 Å². The topological polar surface area (TPSA) is 92.9 Å². The smallest absolute Gasteiger partial charge is 0.311 e. The van der Waals surface area contributed by atoms with Gasteiger partial charge in [-0.25, -0.2) is 0 Å². The number of nitrogens with zero attached hydrogens (tertiary/aromatic N) is 1. The number of hydrogen-bond donors (Lipinski definition) is 2. The molecule has 1 amide bonds. The average Bonchev–Trinajstić information content (AvgIpc) is 2.96. The highest BCUT2D eigenvalue weighted by atomic mass is 16.5. The normalized spacial score (nSPS) is 38.4. The number of carboxylic acids is 1. The second-order valence-electron chi connectivity index (χ2n) is 5.88. The third kappa shape index (κ3) is 2.34. The van der Waals surface area contributed by atoms with Gasteiger partial charge in [-0.2, -0.15) is 0 Å². The molecule has 4 unspecified atom stereocenters. The second kappa shape index (κ2) is 5.09. The van der Waals surface area contributed by atoms with E-state index in [9.17, 15) is 9.59 Å². The summed E-state index contributed by atoms with van der Waals surface area (Å²) >= 11 is 0. The molecule has 1 heterocycles. The third-order valence-corrected chi connectivity index (χ3v) is 4.70. The number of carboxylic acid groups (broad SMARTS) is 1. The third-order valence-electron chi connectivity index (χ3n) is 4.70. The Labute approximate surface area is 112 Å². The predicted molar refractivity (Wildman–Crippen MR) is 68.4 cm³/mol. The largest absolute Gasteiger partial charge is 0.481 e. The molecule has 0 bridgehead atoms. The molecule has 0 aromatic rings. The van der Waals surface area contributed by atoms with Crippen molar-refractivity contribution in [2.24, 2.45) is 17.1 Å². The quantitative estimate of drug-likeness (QED) is 0.756. The summed E-state index contributed by atoms with van der Waals surface area (Å²) in [4.78, 5) is 25.3. The Kier molecular flexibility index (Phi) is 3.82. The van der Waals surface area contributed by atoms with Crippen LogP contribution in [0.15, 0.2) is 0 Å². The highest BCUT2D eigenvalue weighted by Crippen LogP contribution is 2.39. The first-order valence-electron chi connectivity index (χ1n) is 6.71. The number of carbonyl (C=O) groups excluding carboxylic acids is 1. The molecule has 19 heavy (non-hydrogen) atoms. The van der Waals surface area contributed by atoms with Gasteiger partial charge in [0.25, 0.3) is 0 Å². The minimum absolute atomic E-state index is 0.0562. The number of aliphatic carboxylic acids is 1. The summed E-state index contributed by atoms with van der Waals surface area (Å²) in [5.74, 6) is -1.61. The molecule has 0 spiro atoms. The maximum Gasteiger partial charge on any atom is 0.311 e. The summed E-state index contributed by atoms with van der Waals surface area (Å²) in [6, 6.07) is -0.539. The van der Waals surface area contributed by atoms with E-state index in [1.54, 1.807) is 7.05 Å². The molecule has 6 nitrogen and oxygen atoms in total. The molecule has 1 aliphatic heterocycles. The Bertz CT molecular complexity index is 387. The van der Waals surface area contributed by atoms with Gasteiger partial charge in [-0.3, -0.25) is 9.59 Å². The lowest BCUT2D eigenvalue weighted by Gasteiger charge is -2.36. The molecule has 3 N–H and O–H groups in total. The first-order valence-corrected chi connectivity index (χ1v) is 6.71. The summed E-state index contributed by atoms with van der Waals surface area (Å²) in [7, 11) is 1.66. The number of ether oxygens (including phenoxy) is 1. The first-order chi connectivity index (χ1) is 8.88. The molecule has 1 saturated carbocycles. The average molecular weight is 270 g/mol. The number of nitrogens with two attached hydrogens (primary N) is 1. The number of rotatable bonds is 3. The zero-order valence-electron chi connectivity index (χ0n) is 11.5. The van der Waals surface area contributed by atoms with E-state index < -0.39 is 23.3 Å². The van der Waals surface area contributed by atoms with Crippen LogP contribution in [0.4, 0.5) is 0 Å². The zero-order chi connectivity index (χ0) is 14.2. The maximum atomic E-state index is 12.6. The SMILES string of the molecule is CN(C(=O)C1(C)CCCC1N)C1COCC1C(=O)O. The van der Waals surface area contributed by atoms with E-state index in [4.69, 9.17) is 15.6 Å². The van der Waals surface area contributed by atoms with E-state index in [0.717, 1.165) is 19.3 Å². The fourth-order valence-corrected chi connectivity index (χ4v) is 3.17. The lowest BCUT2D eigenvalue weighted by Crippen LogP contribution is -2.53. The molecule has 2 aliphatic rings. The minimum atomic E-state index is -0.914. The Morgan fingerprint density at radius 2 is 2.11 bits per heavy atom. The second-order valence-corrected chi connectivity index (χ2v) is 5.88. The van der Waals surface area contributed by atoms with Gasteiger partial charge in [-0.15, -0.1) is 0 Å². The molecule has 1 aliphatic carbocycles. The van der Waals surface area contributed by atoms with Gasteiger partial charge in [-0.1, -0.05) is 6.42 Å². The Morgan fingerprint density at radius 3 is 2.63 bits per heavy atom. The van der Waals surface area contributed by atoms with E-state index >= 15 is 0 Å². The molecule has 6 heteroatoms. The van der Waals surface area contributed by atoms with E-state index in [2.05, 4.69) is 0 Å². The lowest BCUT2D eigenvalue weighted by atomic mass is 9.83. The monoisotopic (exact) mass is 270 g/mol. The Morgan fingerprint density at radius 1 is 1.42 bits per heavy atom. The van der Waals surface area contributed by atoms with Crippen molar-refractivity contribution in [3.05, 3.63) is 0 Å². The molecule has 4 atom stereocenters. The summed E-state index contributed by atoms with van der Waals surface area (Å²) in [6.07, 6.45) is 2.56. The van der Waals surface area contributed by atoms with Crippen LogP contribution in [0.25, 0.3) is 0 Å². The molecule has 2 fully saturated rings. The summed E-state index contributed by atoms with van der Waals surface area (Å²) < 4.78 is 5.22. The van der Waals surface area contributed by atoms with Gasteiger partial charge in [0, 0.05) is 13.1 Å². The number of carbonyl (C=O) groups is 2. The molecule has 0 aromatic carbocycles. The number of likely N-dealkylation sites (N-methyl/N-ethyl adjacent to an activating group) is 1. The maximum absolute atomic E-state index is 12.6. The van der Waals surface area contributed by atoms with Crippen LogP contribution in [-0.4, -0.2) is 54.2 Å². The molecular weight excluding hydrogens is 248 g/mol. The highest BCUT2D eigenvalue weighted by molar-refractivity contribution is 5.84. The van der Waals surface area contributed by atoms with Gasteiger partial charge in [0.2, 0.25) is 5.91 Å². The van der Waals surface area contributed by atoms with Crippen LogP contribution in [0.1, 0.15) is 26.2 Å². The number of hydrogen-bond acceptors (Lipinski definition) is 4. The van der Waals surface area contributed by atoms with Crippen molar-refractivity contribution < 1.29 is 19.4 Å². The lowest BCUT2D eigenvalue weighted by molar-refractivity contribution is -0.147. The standard InChI is InChI=1S/C13H22N2O4/c1-13(5-3-4-10(13)14)12(18)15(2)9-7-19-6-8(9)11(16)17/h8-10H,3-7,14H2,1-2H3,(H,16,17). The van der Waals surface area contributed by atoms with Gasteiger partial charge in [-0.05, 0) is 19.8 Å². The molecule has 2 rings (SSSR count). The minimum Gasteiger partial charge on any atom is -0.481 e. The molecule has 0 radical (unpaired) electrons. The van der Waals surface area contributed by atoms with Crippen LogP contribution in [0.5, 0.6) is 0 Å². The van der Waals surface area contributed by atoms with E-state index in [-0.39, 0.29) is 25.2 Å². The summed E-state index contributed by atoms with van der Waals surface area (Å²) in [5.41, 5.74) is 5.48. The van der Waals surface area contributed by atoms with Crippen LogP contribution < -0.4 is 5.73 Å². The van der Waals surface area contributed by atoms with Gasteiger partial charge in [0.1, 0.15) is 5.92 Å². The van der Waals surface area contributed by atoms with E-state index in [1.165, 1.54) is 4.90 Å². The van der Waals surface area contributed by atoms with Crippen LogP contribution in [0.2, 0.25) is 0 Å². The van der Waals surface area contributed by atoms with Crippen LogP contribution in [-0.2, 0) is 14.3 Å². The van der Waals surface area contributed by atoms with Gasteiger partial charge in [0.05, 0.1) is 24.7 Å². The molecule has 108 valence electrons. The summed E-state index contributed by atoms with van der Waals surface area (Å²) in [6.45, 7) is 2.33. The fraction of sp³-hybridized carbons (Fsp3) is 0.846. The highest BCUT2D eigenvalue weighted by Gasteiger charge is 2.48. The fourth-order valence-electron chi connectivity index (χ4n) is 3.17. The molecular formula is C13H22N2O4. The van der Waals surface area contributed by atoms with Crippen molar-refractivity contribution in [3.8, 4) is 0 Å². The van der Waals surface area contributed by atoms with Crippen molar-refractivity contribution in [2.75, 3.05) is 20.3 Å². The van der Waals surface area contributed by atoms with Crippen molar-refractivity contribution in [1.29, 1.82) is 0 Å². The van der Waals surface area contributed by atoms with Crippen molar-refractivity contribution in [3.63, 3.8) is 0 Å². The van der Waals surface area contributed by atoms with Gasteiger partial charge >= 0.3 is 5.97 Å². The van der Waals surface area contributed by atoms with Crippen LogP contribution in [0.3, 0.4) is 0 Å². The first kappa shape index (κ1) is 14.3. The molecule has 1 saturated heterocycles. The van der Waals surface area contributed by atoms with Crippen molar-refractivity contribution in [2.45, 2.75) is 38.3 Å². The summed E-state index contributed by atoms with van der Waals surface area (Å²) in [5, 5.41) is 9.15. The van der Waals surface area contributed by atoms with E-state index in [0.29, 0.717) is 0 Å². The number of amides is 1. The van der Waals surface area contributed by atoms with Gasteiger partial charge in [0.15, 0.2) is 0 Å². The predicted octanol–water partition coefficient (Wildman–Crippen LogP) is 0.0619. The Balaban J connectivity index is 2.13. The van der Waals surface area contributed by atoms with Gasteiger partial charge < -0.3 is 20.5 Å². The Hall–Kier alpha value is -1.14. The van der Waals surface area contributed by atoms with Crippen LogP contribution >= 0.6 is 0 Å². The molecule has 0 aromatic heterocycles. The van der Waals surface area contributed by atoms with Crippen LogP contribution in [0, 0.1) is 11.3 Å².